The molecule has 0 radical (unpaired) electrons. The zero-order chi connectivity index (χ0) is 20.3. The number of carboxylic acids is 1. The van der Waals surface area contributed by atoms with Crippen molar-refractivity contribution in [3.05, 3.63) is 63.0 Å². The van der Waals surface area contributed by atoms with Crippen molar-refractivity contribution in [2.24, 2.45) is 4.99 Å². The number of thioether (sulfide) groups is 1. The van der Waals surface area contributed by atoms with Gasteiger partial charge in [-0.1, -0.05) is 29.8 Å². The van der Waals surface area contributed by atoms with Gasteiger partial charge in [0.2, 0.25) is 0 Å². The van der Waals surface area contributed by atoms with E-state index in [0.29, 0.717) is 15.6 Å². The number of halogens is 1. The van der Waals surface area contributed by atoms with Crippen molar-refractivity contribution in [1.29, 1.82) is 0 Å². The second-order valence-electron chi connectivity index (χ2n) is 6.07. The van der Waals surface area contributed by atoms with Crippen molar-refractivity contribution in [2.75, 3.05) is 6.61 Å². The van der Waals surface area contributed by atoms with Crippen molar-refractivity contribution in [1.82, 2.24) is 5.32 Å². The molecule has 0 aliphatic carbocycles. The fourth-order valence-corrected chi connectivity index (χ4v) is 3.54. The maximum Gasteiger partial charge on any atom is 0.341 e. The third-order valence-corrected chi connectivity index (χ3v) is 5.26. The molecule has 144 valence electrons. The zero-order valence-corrected chi connectivity index (χ0v) is 16.7. The Morgan fingerprint density at radius 1 is 1.32 bits per heavy atom. The van der Waals surface area contributed by atoms with Crippen LogP contribution in [0.2, 0.25) is 5.02 Å². The van der Waals surface area contributed by atoms with Crippen molar-refractivity contribution < 1.29 is 19.4 Å². The van der Waals surface area contributed by atoms with Gasteiger partial charge in [0.15, 0.2) is 11.8 Å². The lowest BCUT2D eigenvalue weighted by Gasteiger charge is -2.06. The highest BCUT2D eigenvalue weighted by atomic mass is 35.5. The summed E-state index contributed by atoms with van der Waals surface area (Å²) in [5.41, 5.74) is 3.70. The number of carboxylic acid groups (broad SMARTS) is 1. The molecule has 6 nitrogen and oxygen atoms in total. The lowest BCUT2D eigenvalue weighted by Crippen LogP contribution is -2.19. The first-order valence-corrected chi connectivity index (χ1v) is 9.53. The Labute approximate surface area is 171 Å². The molecular weight excluding hydrogens is 400 g/mol. The molecule has 0 aromatic heterocycles. The first-order valence-electron chi connectivity index (χ1n) is 8.33. The quantitative estimate of drug-likeness (QED) is 0.709. The van der Waals surface area contributed by atoms with Gasteiger partial charge < -0.3 is 15.2 Å². The van der Waals surface area contributed by atoms with Crippen LogP contribution in [0.1, 0.15) is 16.7 Å². The van der Waals surface area contributed by atoms with Crippen LogP contribution < -0.4 is 10.1 Å². The summed E-state index contributed by atoms with van der Waals surface area (Å²) in [6.45, 7) is 3.53. The molecule has 2 aromatic rings. The molecule has 0 bridgehead atoms. The fraction of sp³-hybridized carbons (Fsp3) is 0.150. The summed E-state index contributed by atoms with van der Waals surface area (Å²) < 4.78 is 5.09. The van der Waals surface area contributed by atoms with Crippen LogP contribution in [0, 0.1) is 13.8 Å². The number of nitrogens with one attached hydrogen (secondary N) is 1. The predicted octanol–water partition coefficient (Wildman–Crippen LogP) is 4.31. The van der Waals surface area contributed by atoms with Crippen LogP contribution >= 0.6 is 23.4 Å². The van der Waals surface area contributed by atoms with Crippen LogP contribution in [0.15, 0.2) is 46.3 Å². The first-order chi connectivity index (χ1) is 13.3. The molecule has 8 heteroatoms. The summed E-state index contributed by atoms with van der Waals surface area (Å²) in [4.78, 5) is 27.9. The summed E-state index contributed by atoms with van der Waals surface area (Å²) >= 11 is 7.37. The first kappa shape index (κ1) is 20.0. The molecule has 2 aromatic carbocycles. The molecule has 1 amide bonds. The van der Waals surface area contributed by atoms with Crippen LogP contribution in [0.25, 0.3) is 6.08 Å². The minimum Gasteiger partial charge on any atom is -0.480 e. The Balaban J connectivity index is 1.79. The molecule has 3 rings (SSSR count). The summed E-state index contributed by atoms with van der Waals surface area (Å²) in [6, 6.07) is 10.7. The lowest BCUT2D eigenvalue weighted by atomic mass is 10.1. The topological polar surface area (TPSA) is 88.0 Å². The van der Waals surface area contributed by atoms with Gasteiger partial charge >= 0.3 is 5.97 Å². The van der Waals surface area contributed by atoms with Gasteiger partial charge in [-0.3, -0.25) is 4.79 Å². The van der Waals surface area contributed by atoms with Crippen molar-refractivity contribution >= 4 is 52.2 Å². The summed E-state index contributed by atoms with van der Waals surface area (Å²) in [7, 11) is 0. The number of aryl methyl sites for hydroxylation is 1. The Kier molecular flexibility index (Phi) is 6.06. The number of amides is 1. The second kappa shape index (κ2) is 8.50. The van der Waals surface area contributed by atoms with E-state index in [4.69, 9.17) is 21.4 Å². The van der Waals surface area contributed by atoms with Gasteiger partial charge in [-0.2, -0.15) is 0 Å². The van der Waals surface area contributed by atoms with Crippen molar-refractivity contribution in [3.63, 3.8) is 0 Å². The largest absolute Gasteiger partial charge is 0.480 e. The maximum atomic E-state index is 12.3. The van der Waals surface area contributed by atoms with Crippen LogP contribution in [-0.2, 0) is 9.59 Å². The second-order valence-corrected chi connectivity index (χ2v) is 7.51. The molecule has 0 unspecified atom stereocenters. The van der Waals surface area contributed by atoms with E-state index in [1.54, 1.807) is 24.3 Å². The van der Waals surface area contributed by atoms with Crippen molar-refractivity contribution in [2.45, 2.75) is 13.8 Å². The van der Waals surface area contributed by atoms with Gasteiger partial charge in [-0.25, -0.2) is 9.79 Å². The molecule has 2 N–H and O–H groups in total. The smallest absolute Gasteiger partial charge is 0.341 e. The highest BCUT2D eigenvalue weighted by Crippen LogP contribution is 2.31. The van der Waals surface area contributed by atoms with Crippen LogP contribution in [0.4, 0.5) is 5.69 Å². The van der Waals surface area contributed by atoms with Gasteiger partial charge in [-0.15, -0.1) is 0 Å². The van der Waals surface area contributed by atoms with Gasteiger partial charge in [-0.05, 0) is 66.6 Å². The van der Waals surface area contributed by atoms with E-state index in [2.05, 4.69) is 10.3 Å². The van der Waals surface area contributed by atoms with Crippen LogP contribution in [0.3, 0.4) is 0 Å². The van der Waals surface area contributed by atoms with E-state index >= 15 is 0 Å². The Morgan fingerprint density at radius 3 is 2.82 bits per heavy atom. The number of aliphatic imine (C=N–C) groups is 1. The monoisotopic (exact) mass is 416 g/mol. The standard InChI is InChI=1S/C20H17ClN2O4S/c1-11-4-3-5-15(12(11)2)22-20-23-19(26)17(28-20)9-13-6-7-16(14(21)8-13)27-10-18(24)25/h3-9H,10H2,1-2H3,(H,24,25)(H,22,23,26)/b17-9+. The number of carbonyl (C=O) groups excluding carboxylic acids is 1. The molecule has 0 atom stereocenters. The number of hydrogen-bond acceptors (Lipinski definition) is 5. The van der Waals surface area contributed by atoms with Gasteiger partial charge in [0, 0.05) is 0 Å². The number of amidine groups is 1. The summed E-state index contributed by atoms with van der Waals surface area (Å²) in [6.07, 6.45) is 1.69. The Morgan fingerprint density at radius 2 is 2.11 bits per heavy atom. The number of rotatable bonds is 5. The van der Waals surface area contributed by atoms with Gasteiger partial charge in [0.05, 0.1) is 15.6 Å². The minimum absolute atomic E-state index is 0.239. The summed E-state index contributed by atoms with van der Waals surface area (Å²) in [5, 5.41) is 12.2. The molecule has 1 fully saturated rings. The third kappa shape index (κ3) is 4.74. The van der Waals surface area contributed by atoms with Gasteiger partial charge in [0.1, 0.15) is 5.75 Å². The van der Waals surface area contributed by atoms with E-state index in [1.807, 2.05) is 32.0 Å². The zero-order valence-electron chi connectivity index (χ0n) is 15.2. The van der Waals surface area contributed by atoms with E-state index in [9.17, 15) is 9.59 Å². The van der Waals surface area contributed by atoms with Crippen LogP contribution in [0.5, 0.6) is 5.75 Å². The molecule has 28 heavy (non-hydrogen) atoms. The molecule has 0 saturated carbocycles. The Hall–Kier alpha value is -2.77. The average Bonchev–Trinajstić information content (AvgIpc) is 2.97. The molecule has 1 heterocycles. The average molecular weight is 417 g/mol. The fourth-order valence-electron chi connectivity index (χ4n) is 2.46. The molecule has 1 aliphatic rings. The highest BCUT2D eigenvalue weighted by molar-refractivity contribution is 8.18. The third-order valence-electron chi connectivity index (χ3n) is 4.05. The predicted molar refractivity (Wildman–Crippen MR) is 111 cm³/mol. The number of carbonyl (C=O) groups is 2. The number of hydrogen-bond donors (Lipinski definition) is 2. The lowest BCUT2D eigenvalue weighted by molar-refractivity contribution is -0.139. The SMILES string of the molecule is Cc1cccc(N=C2NC(=O)/C(=C\c3ccc(OCC(=O)O)c(Cl)c3)S2)c1C. The van der Waals surface area contributed by atoms with Crippen LogP contribution in [-0.4, -0.2) is 28.8 Å². The Bertz CT molecular complexity index is 1020. The molecule has 1 aliphatic heterocycles. The van der Waals surface area contributed by atoms with E-state index in [0.717, 1.165) is 16.8 Å². The van der Waals surface area contributed by atoms with Crippen molar-refractivity contribution in [3.8, 4) is 5.75 Å². The van der Waals surface area contributed by atoms with E-state index < -0.39 is 12.6 Å². The van der Waals surface area contributed by atoms with E-state index in [-0.39, 0.29) is 16.7 Å². The number of ether oxygens (including phenoxy) is 1. The summed E-state index contributed by atoms with van der Waals surface area (Å²) in [5.74, 6) is -1.06. The molecular formula is C20H17ClN2O4S. The molecule has 0 spiro atoms. The molecule has 1 saturated heterocycles. The number of benzene rings is 2. The highest BCUT2D eigenvalue weighted by Gasteiger charge is 2.24. The minimum atomic E-state index is -1.09. The normalized spacial score (nSPS) is 16.5. The number of nitrogens with zero attached hydrogens (tertiary/aromatic N) is 1. The van der Waals surface area contributed by atoms with E-state index in [1.165, 1.54) is 11.8 Å². The maximum absolute atomic E-state index is 12.3. The van der Waals surface area contributed by atoms with Gasteiger partial charge in [0.25, 0.3) is 5.91 Å². The number of aliphatic carboxylic acids is 1.